The van der Waals surface area contributed by atoms with E-state index in [4.69, 9.17) is 0 Å². The molecule has 0 saturated heterocycles. The summed E-state index contributed by atoms with van der Waals surface area (Å²) >= 11 is 1.77. The molecule has 2 atom stereocenters. The largest absolute Gasteiger partial charge is 0.392 e. The number of fused-ring (bicyclic) bond motifs is 1. The van der Waals surface area contributed by atoms with Crippen molar-refractivity contribution in [2.24, 2.45) is 5.41 Å². The number of hydrogen-bond donors (Lipinski definition) is 2. The van der Waals surface area contributed by atoms with Crippen molar-refractivity contribution in [3.63, 3.8) is 0 Å². The first-order chi connectivity index (χ1) is 8.07. The van der Waals surface area contributed by atoms with Crippen LogP contribution >= 0.6 is 11.3 Å². The van der Waals surface area contributed by atoms with Gasteiger partial charge in [0, 0.05) is 21.8 Å². The van der Waals surface area contributed by atoms with Gasteiger partial charge in [0.05, 0.1) is 6.10 Å². The molecule has 0 radical (unpaired) electrons. The molecule has 2 aromatic rings. The summed E-state index contributed by atoms with van der Waals surface area (Å²) in [7, 11) is 0. The van der Waals surface area contributed by atoms with E-state index in [1.807, 2.05) is 0 Å². The summed E-state index contributed by atoms with van der Waals surface area (Å²) in [6.07, 6.45) is 0.666. The zero-order chi connectivity index (χ0) is 12.0. The van der Waals surface area contributed by atoms with E-state index >= 15 is 0 Å². The van der Waals surface area contributed by atoms with Gasteiger partial charge in [0.2, 0.25) is 0 Å². The zero-order valence-electron chi connectivity index (χ0n) is 10.1. The molecule has 0 amide bonds. The van der Waals surface area contributed by atoms with Crippen molar-refractivity contribution in [2.45, 2.75) is 32.4 Å². The molecule has 1 aliphatic rings. The second-order valence-corrected chi connectivity index (χ2v) is 6.39. The number of rotatable bonds is 2. The molecule has 3 heteroatoms. The molecule has 1 aromatic carbocycles. The molecule has 1 fully saturated rings. The molecule has 2 nitrogen and oxygen atoms in total. The highest BCUT2D eigenvalue weighted by Crippen LogP contribution is 2.42. The first-order valence-corrected chi connectivity index (χ1v) is 6.87. The van der Waals surface area contributed by atoms with E-state index in [1.54, 1.807) is 11.3 Å². The summed E-state index contributed by atoms with van der Waals surface area (Å²) < 4.78 is 1.32. The maximum absolute atomic E-state index is 9.72. The molecular formula is C14H17NOS. The van der Waals surface area contributed by atoms with E-state index in [-0.39, 0.29) is 11.5 Å². The molecule has 1 saturated carbocycles. The van der Waals surface area contributed by atoms with E-state index < -0.39 is 0 Å². The van der Waals surface area contributed by atoms with Gasteiger partial charge in [0.1, 0.15) is 0 Å². The molecule has 17 heavy (non-hydrogen) atoms. The third-order valence-corrected chi connectivity index (χ3v) is 4.91. The van der Waals surface area contributed by atoms with Crippen LogP contribution < -0.4 is 5.32 Å². The van der Waals surface area contributed by atoms with Crippen LogP contribution in [0.3, 0.4) is 0 Å². The third-order valence-electron chi connectivity index (χ3n) is 4.01. The van der Waals surface area contributed by atoms with Crippen LogP contribution in [0.2, 0.25) is 0 Å². The topological polar surface area (TPSA) is 32.3 Å². The van der Waals surface area contributed by atoms with Crippen molar-refractivity contribution in [1.29, 1.82) is 0 Å². The van der Waals surface area contributed by atoms with E-state index in [9.17, 15) is 5.11 Å². The van der Waals surface area contributed by atoms with Gasteiger partial charge in [-0.3, -0.25) is 0 Å². The van der Waals surface area contributed by atoms with Gasteiger partial charge in [-0.1, -0.05) is 13.8 Å². The maximum atomic E-state index is 9.72. The van der Waals surface area contributed by atoms with Gasteiger partial charge in [-0.25, -0.2) is 0 Å². The minimum Gasteiger partial charge on any atom is -0.392 e. The first-order valence-electron chi connectivity index (χ1n) is 5.99. The van der Waals surface area contributed by atoms with Crippen LogP contribution in [0.25, 0.3) is 10.1 Å². The van der Waals surface area contributed by atoms with Crippen LogP contribution in [0.5, 0.6) is 0 Å². The van der Waals surface area contributed by atoms with Crippen molar-refractivity contribution in [1.82, 2.24) is 0 Å². The molecule has 0 aliphatic heterocycles. The molecule has 0 spiro atoms. The van der Waals surface area contributed by atoms with E-state index in [2.05, 4.69) is 48.8 Å². The zero-order valence-corrected chi connectivity index (χ0v) is 10.9. The van der Waals surface area contributed by atoms with Crippen molar-refractivity contribution in [3.8, 4) is 0 Å². The Hall–Kier alpha value is -1.06. The van der Waals surface area contributed by atoms with Crippen LogP contribution in [0.4, 0.5) is 5.69 Å². The van der Waals surface area contributed by atoms with Crippen molar-refractivity contribution in [2.75, 3.05) is 5.32 Å². The number of aliphatic hydroxyl groups is 1. The molecule has 1 heterocycles. The Labute approximate surface area is 105 Å². The Morgan fingerprint density at radius 1 is 1.35 bits per heavy atom. The second-order valence-electron chi connectivity index (χ2n) is 5.44. The fraction of sp³-hybridized carbons (Fsp3) is 0.429. The number of thiophene rings is 1. The lowest BCUT2D eigenvalue weighted by molar-refractivity contribution is -0.0510. The molecule has 0 bridgehead atoms. The summed E-state index contributed by atoms with van der Waals surface area (Å²) in [5, 5.41) is 16.7. The van der Waals surface area contributed by atoms with Crippen molar-refractivity contribution < 1.29 is 5.11 Å². The second kappa shape index (κ2) is 3.72. The van der Waals surface area contributed by atoms with E-state index in [0.29, 0.717) is 6.04 Å². The average Bonchev–Trinajstić information content (AvgIpc) is 2.76. The molecule has 1 aliphatic carbocycles. The van der Waals surface area contributed by atoms with Crippen molar-refractivity contribution in [3.05, 3.63) is 29.6 Å². The smallest absolute Gasteiger partial charge is 0.0630 e. The normalized spacial score (nSPS) is 26.8. The Balaban J connectivity index is 1.81. The monoisotopic (exact) mass is 247 g/mol. The van der Waals surface area contributed by atoms with Crippen LogP contribution in [-0.2, 0) is 0 Å². The molecular weight excluding hydrogens is 230 g/mol. The summed E-state index contributed by atoms with van der Waals surface area (Å²) in [4.78, 5) is 0. The Bertz CT molecular complexity index is 546. The highest BCUT2D eigenvalue weighted by Gasteiger charge is 2.47. The summed E-state index contributed by atoms with van der Waals surface area (Å²) in [5.41, 5.74) is 1.13. The first kappa shape index (κ1) is 11.1. The minimum absolute atomic E-state index is 0.0242. The minimum atomic E-state index is -0.176. The van der Waals surface area contributed by atoms with Crippen molar-refractivity contribution >= 4 is 27.1 Å². The van der Waals surface area contributed by atoms with E-state index in [0.717, 1.165) is 12.1 Å². The lowest BCUT2D eigenvalue weighted by Crippen LogP contribution is -2.56. The Morgan fingerprint density at radius 3 is 2.88 bits per heavy atom. The van der Waals surface area contributed by atoms with Crippen LogP contribution in [0.15, 0.2) is 29.6 Å². The SMILES string of the molecule is CC1(C)C(O)CC1Nc1ccc2sccc2c1. The number of aliphatic hydroxyl groups excluding tert-OH is 1. The van der Waals surface area contributed by atoms with Gasteiger partial charge in [-0.05, 0) is 41.5 Å². The third kappa shape index (κ3) is 1.74. The molecule has 1 aromatic heterocycles. The van der Waals surface area contributed by atoms with Gasteiger partial charge >= 0.3 is 0 Å². The maximum Gasteiger partial charge on any atom is 0.0630 e. The summed E-state index contributed by atoms with van der Waals surface area (Å²) in [5.74, 6) is 0. The highest BCUT2D eigenvalue weighted by atomic mass is 32.1. The van der Waals surface area contributed by atoms with Gasteiger partial charge in [-0.2, -0.15) is 0 Å². The Kier molecular flexibility index (Phi) is 2.42. The van der Waals surface area contributed by atoms with Gasteiger partial charge in [-0.15, -0.1) is 11.3 Å². The lowest BCUT2D eigenvalue weighted by Gasteiger charge is -2.49. The summed E-state index contributed by atoms with van der Waals surface area (Å²) in [6.45, 7) is 4.23. The number of nitrogens with one attached hydrogen (secondary N) is 1. The average molecular weight is 247 g/mol. The number of anilines is 1. The molecule has 90 valence electrons. The van der Waals surface area contributed by atoms with Gasteiger partial charge in [0.25, 0.3) is 0 Å². The highest BCUT2D eigenvalue weighted by molar-refractivity contribution is 7.17. The van der Waals surface area contributed by atoms with Crippen LogP contribution in [0.1, 0.15) is 20.3 Å². The quantitative estimate of drug-likeness (QED) is 0.851. The van der Waals surface area contributed by atoms with E-state index in [1.165, 1.54) is 10.1 Å². The predicted octanol–water partition coefficient (Wildman–Crippen LogP) is 3.47. The standard InChI is InChI=1S/C14H17NOS/c1-14(2)12(8-13(14)16)15-10-3-4-11-9(7-10)5-6-17-11/h3-7,12-13,15-16H,8H2,1-2H3. The molecule has 2 unspecified atom stereocenters. The van der Waals surface area contributed by atoms with Crippen LogP contribution in [0, 0.1) is 5.41 Å². The van der Waals surface area contributed by atoms with Gasteiger partial charge < -0.3 is 10.4 Å². The Morgan fingerprint density at radius 2 is 2.18 bits per heavy atom. The fourth-order valence-corrected chi connectivity index (χ4v) is 3.18. The van der Waals surface area contributed by atoms with Gasteiger partial charge in [0.15, 0.2) is 0 Å². The number of benzene rings is 1. The fourth-order valence-electron chi connectivity index (χ4n) is 2.41. The number of hydrogen-bond acceptors (Lipinski definition) is 3. The predicted molar refractivity (Wildman–Crippen MR) is 73.6 cm³/mol. The van der Waals surface area contributed by atoms with Crippen LogP contribution in [-0.4, -0.2) is 17.3 Å². The molecule has 2 N–H and O–H groups in total. The lowest BCUT2D eigenvalue weighted by atomic mass is 9.64. The molecule has 3 rings (SSSR count). The summed E-state index contributed by atoms with van der Waals surface area (Å²) in [6, 6.07) is 8.98.